The fourth-order valence-electron chi connectivity index (χ4n) is 2.26. The number of likely N-dealkylation sites (N-methyl/N-ethyl adjacent to an activating group) is 1. The summed E-state index contributed by atoms with van der Waals surface area (Å²) < 4.78 is 5.71. The van der Waals surface area contributed by atoms with E-state index in [0.29, 0.717) is 6.54 Å². The molecule has 1 atom stereocenters. The molecule has 0 spiro atoms. The Kier molecular flexibility index (Phi) is 4.15. The largest absolute Gasteiger partial charge is 0.374 e. The van der Waals surface area contributed by atoms with Crippen LogP contribution in [0, 0.1) is 0 Å². The molecule has 5 nitrogen and oxygen atoms in total. The minimum atomic E-state index is 0.191. The Hall–Kier alpha value is -0.650. The lowest BCUT2D eigenvalue weighted by molar-refractivity contribution is -0.135. The van der Waals surface area contributed by atoms with Gasteiger partial charge in [0.05, 0.1) is 19.3 Å². The van der Waals surface area contributed by atoms with Gasteiger partial charge in [-0.3, -0.25) is 9.69 Å². The predicted octanol–water partition coefficient (Wildman–Crippen LogP) is -0.861. The van der Waals surface area contributed by atoms with Gasteiger partial charge in [-0.15, -0.1) is 0 Å². The second kappa shape index (κ2) is 5.61. The van der Waals surface area contributed by atoms with E-state index in [-0.39, 0.29) is 12.0 Å². The third kappa shape index (κ3) is 2.93. The van der Waals surface area contributed by atoms with E-state index in [4.69, 9.17) is 4.74 Å². The highest BCUT2D eigenvalue weighted by Crippen LogP contribution is 2.07. The molecule has 92 valence electrons. The summed E-state index contributed by atoms with van der Waals surface area (Å²) in [6, 6.07) is 0. The Morgan fingerprint density at radius 1 is 1.50 bits per heavy atom. The summed E-state index contributed by atoms with van der Waals surface area (Å²) in [5, 5.41) is 3.08. The Morgan fingerprint density at radius 3 is 3.12 bits per heavy atom. The van der Waals surface area contributed by atoms with Gasteiger partial charge in [-0.05, 0) is 6.54 Å². The van der Waals surface area contributed by atoms with Crippen molar-refractivity contribution in [1.29, 1.82) is 0 Å². The van der Waals surface area contributed by atoms with Crippen LogP contribution in [-0.2, 0) is 9.53 Å². The molecule has 0 aliphatic carbocycles. The van der Waals surface area contributed by atoms with E-state index in [0.717, 1.165) is 45.9 Å². The van der Waals surface area contributed by atoms with Crippen LogP contribution in [0.1, 0.15) is 6.92 Å². The highest BCUT2D eigenvalue weighted by Gasteiger charge is 2.25. The maximum atomic E-state index is 11.6. The van der Waals surface area contributed by atoms with Gasteiger partial charge in [0.15, 0.2) is 0 Å². The van der Waals surface area contributed by atoms with Crippen LogP contribution in [0.2, 0.25) is 0 Å². The molecular formula is C11H21N3O2. The molecule has 2 heterocycles. The number of amides is 1. The molecule has 1 unspecified atom stereocenters. The van der Waals surface area contributed by atoms with Crippen LogP contribution in [0.4, 0.5) is 0 Å². The number of carbonyl (C=O) groups excluding carboxylic acids is 1. The Balaban J connectivity index is 1.81. The average molecular weight is 227 g/mol. The number of nitrogens with one attached hydrogen (secondary N) is 1. The molecule has 0 aromatic heterocycles. The van der Waals surface area contributed by atoms with Crippen LogP contribution in [-0.4, -0.2) is 74.2 Å². The summed E-state index contributed by atoms with van der Waals surface area (Å²) >= 11 is 0. The first-order valence-electron chi connectivity index (χ1n) is 6.12. The summed E-state index contributed by atoms with van der Waals surface area (Å²) in [7, 11) is 0. The summed E-state index contributed by atoms with van der Waals surface area (Å²) in [5.74, 6) is 0.198. The van der Waals surface area contributed by atoms with E-state index in [1.54, 1.807) is 0 Å². The van der Waals surface area contributed by atoms with Crippen LogP contribution in [0.5, 0.6) is 0 Å². The molecule has 0 saturated carbocycles. The summed E-state index contributed by atoms with van der Waals surface area (Å²) in [6.45, 7) is 8.92. The molecule has 0 aromatic carbocycles. The molecule has 1 N–H and O–H groups in total. The normalized spacial score (nSPS) is 28.4. The number of rotatable bonds is 3. The van der Waals surface area contributed by atoms with Gasteiger partial charge >= 0.3 is 0 Å². The maximum Gasteiger partial charge on any atom is 0.236 e. The zero-order chi connectivity index (χ0) is 11.4. The number of carbonyl (C=O) groups is 1. The summed E-state index contributed by atoms with van der Waals surface area (Å²) in [4.78, 5) is 15.9. The van der Waals surface area contributed by atoms with Crippen molar-refractivity contribution in [3.05, 3.63) is 0 Å². The maximum absolute atomic E-state index is 11.6. The van der Waals surface area contributed by atoms with Crippen molar-refractivity contribution in [2.75, 3.05) is 52.4 Å². The van der Waals surface area contributed by atoms with Crippen LogP contribution in [0.3, 0.4) is 0 Å². The molecular weight excluding hydrogens is 206 g/mol. The van der Waals surface area contributed by atoms with E-state index in [1.807, 2.05) is 4.90 Å². The fourth-order valence-corrected chi connectivity index (χ4v) is 2.26. The molecule has 2 fully saturated rings. The quantitative estimate of drug-likeness (QED) is 0.681. The summed E-state index contributed by atoms with van der Waals surface area (Å²) in [5.41, 5.74) is 0. The van der Waals surface area contributed by atoms with Crippen LogP contribution >= 0.6 is 0 Å². The van der Waals surface area contributed by atoms with Gasteiger partial charge in [-0.1, -0.05) is 6.92 Å². The standard InChI is InChI=1S/C11H21N3O2/c1-2-13-5-6-16-10(8-13)9-14-4-3-12-7-11(14)15/h10,12H,2-9H2,1H3. The number of piperazine rings is 1. The second-order valence-electron chi connectivity index (χ2n) is 4.40. The molecule has 0 bridgehead atoms. The van der Waals surface area contributed by atoms with E-state index in [9.17, 15) is 4.79 Å². The molecule has 2 rings (SSSR count). The van der Waals surface area contributed by atoms with Gasteiger partial charge in [0.2, 0.25) is 5.91 Å². The first-order valence-corrected chi connectivity index (χ1v) is 6.12. The molecule has 2 aliphatic rings. The van der Waals surface area contributed by atoms with Gasteiger partial charge in [0.25, 0.3) is 0 Å². The molecule has 2 aliphatic heterocycles. The zero-order valence-corrected chi connectivity index (χ0v) is 9.95. The number of hydrogen-bond acceptors (Lipinski definition) is 4. The van der Waals surface area contributed by atoms with Crippen molar-refractivity contribution in [1.82, 2.24) is 15.1 Å². The number of hydrogen-bond donors (Lipinski definition) is 1. The van der Waals surface area contributed by atoms with E-state index in [1.165, 1.54) is 0 Å². The number of morpholine rings is 1. The van der Waals surface area contributed by atoms with Crippen molar-refractivity contribution < 1.29 is 9.53 Å². The van der Waals surface area contributed by atoms with Crippen molar-refractivity contribution in [2.45, 2.75) is 13.0 Å². The lowest BCUT2D eigenvalue weighted by Gasteiger charge is -2.36. The highest BCUT2D eigenvalue weighted by atomic mass is 16.5. The van der Waals surface area contributed by atoms with Gasteiger partial charge in [-0.25, -0.2) is 0 Å². The number of ether oxygens (including phenoxy) is 1. The Bertz CT molecular complexity index is 247. The van der Waals surface area contributed by atoms with Gasteiger partial charge in [-0.2, -0.15) is 0 Å². The monoisotopic (exact) mass is 227 g/mol. The van der Waals surface area contributed by atoms with Crippen molar-refractivity contribution in [3.63, 3.8) is 0 Å². The summed E-state index contributed by atoms with van der Waals surface area (Å²) in [6.07, 6.45) is 0.191. The van der Waals surface area contributed by atoms with E-state index in [2.05, 4.69) is 17.1 Å². The molecule has 2 saturated heterocycles. The first-order chi connectivity index (χ1) is 7.79. The lowest BCUT2D eigenvalue weighted by Crippen LogP contribution is -2.54. The van der Waals surface area contributed by atoms with Crippen LogP contribution in [0.15, 0.2) is 0 Å². The van der Waals surface area contributed by atoms with Gasteiger partial charge in [0, 0.05) is 32.7 Å². The highest BCUT2D eigenvalue weighted by molar-refractivity contribution is 5.79. The molecule has 1 amide bonds. The minimum Gasteiger partial charge on any atom is -0.374 e. The van der Waals surface area contributed by atoms with E-state index >= 15 is 0 Å². The Labute approximate surface area is 96.7 Å². The predicted molar refractivity (Wildman–Crippen MR) is 61.3 cm³/mol. The topological polar surface area (TPSA) is 44.8 Å². The van der Waals surface area contributed by atoms with Crippen molar-refractivity contribution in [2.24, 2.45) is 0 Å². The van der Waals surface area contributed by atoms with Crippen LogP contribution < -0.4 is 5.32 Å². The zero-order valence-electron chi connectivity index (χ0n) is 9.95. The third-order valence-corrected chi connectivity index (χ3v) is 3.28. The first kappa shape index (κ1) is 11.8. The molecule has 5 heteroatoms. The van der Waals surface area contributed by atoms with Crippen molar-refractivity contribution >= 4 is 5.91 Å². The minimum absolute atomic E-state index is 0.191. The molecule has 0 radical (unpaired) electrons. The molecule has 0 aromatic rings. The molecule has 16 heavy (non-hydrogen) atoms. The SMILES string of the molecule is CCN1CCOC(CN2CCNCC2=O)C1. The fraction of sp³-hybridized carbons (Fsp3) is 0.909. The van der Waals surface area contributed by atoms with Crippen molar-refractivity contribution in [3.8, 4) is 0 Å². The smallest absolute Gasteiger partial charge is 0.236 e. The number of nitrogens with zero attached hydrogens (tertiary/aromatic N) is 2. The third-order valence-electron chi connectivity index (χ3n) is 3.28. The average Bonchev–Trinajstić information content (AvgIpc) is 2.32. The van der Waals surface area contributed by atoms with Gasteiger partial charge in [0.1, 0.15) is 0 Å². The second-order valence-corrected chi connectivity index (χ2v) is 4.40. The van der Waals surface area contributed by atoms with E-state index < -0.39 is 0 Å². The van der Waals surface area contributed by atoms with Gasteiger partial charge < -0.3 is 15.0 Å². The lowest BCUT2D eigenvalue weighted by atomic mass is 10.2. The Morgan fingerprint density at radius 2 is 2.38 bits per heavy atom. The van der Waals surface area contributed by atoms with Crippen LogP contribution in [0.25, 0.3) is 0 Å².